The number of benzene rings is 2. The zero-order valence-electron chi connectivity index (χ0n) is 16.5. The van der Waals surface area contributed by atoms with Crippen molar-refractivity contribution < 1.29 is 17.9 Å². The van der Waals surface area contributed by atoms with E-state index in [2.05, 4.69) is 0 Å². The predicted octanol–water partition coefficient (Wildman–Crippen LogP) is 7.57. The Balaban J connectivity index is 1.70. The summed E-state index contributed by atoms with van der Waals surface area (Å²) < 4.78 is 47.1. The highest BCUT2D eigenvalue weighted by atomic mass is 19.2. The summed E-state index contributed by atoms with van der Waals surface area (Å²) in [6.45, 7) is 3.85. The number of hydrogen-bond donors (Lipinski definition) is 0. The van der Waals surface area contributed by atoms with Crippen LogP contribution < -0.4 is 4.74 Å². The number of rotatable bonds is 6. The van der Waals surface area contributed by atoms with Crippen LogP contribution in [-0.4, -0.2) is 6.61 Å². The lowest BCUT2D eigenvalue weighted by atomic mass is 9.78. The van der Waals surface area contributed by atoms with Gasteiger partial charge in [0.1, 0.15) is 0 Å². The fraction of sp³-hybridized carbons (Fsp3) is 0.417. The van der Waals surface area contributed by atoms with Crippen LogP contribution in [0, 0.1) is 17.6 Å². The topological polar surface area (TPSA) is 9.23 Å². The molecule has 150 valence electrons. The van der Waals surface area contributed by atoms with Gasteiger partial charge in [-0.15, -0.1) is 0 Å². The van der Waals surface area contributed by atoms with Crippen LogP contribution in [-0.2, 0) is 0 Å². The lowest BCUT2D eigenvalue weighted by molar-refractivity contribution is 0.314. The molecular formula is C24H27F3O. The van der Waals surface area contributed by atoms with Crippen molar-refractivity contribution in [1.29, 1.82) is 0 Å². The molecule has 3 rings (SSSR count). The smallest absolute Gasteiger partial charge is 0.201 e. The summed E-state index contributed by atoms with van der Waals surface area (Å²) in [5.74, 6) is -1.15. The molecule has 0 aliphatic heterocycles. The Morgan fingerprint density at radius 1 is 0.964 bits per heavy atom. The highest BCUT2D eigenvalue weighted by Gasteiger charge is 2.22. The molecule has 0 unspecified atom stereocenters. The quantitative estimate of drug-likeness (QED) is 0.496. The molecule has 0 bridgehead atoms. The molecule has 1 aliphatic carbocycles. The van der Waals surface area contributed by atoms with E-state index in [1.54, 1.807) is 19.1 Å². The molecule has 0 saturated heterocycles. The van der Waals surface area contributed by atoms with Gasteiger partial charge in [-0.05, 0) is 80.2 Å². The zero-order valence-corrected chi connectivity index (χ0v) is 16.5. The van der Waals surface area contributed by atoms with Gasteiger partial charge in [0.25, 0.3) is 0 Å². The molecule has 0 radical (unpaired) electrons. The summed E-state index contributed by atoms with van der Waals surface area (Å²) >= 11 is 0. The second kappa shape index (κ2) is 9.31. The predicted molar refractivity (Wildman–Crippen MR) is 107 cm³/mol. The van der Waals surface area contributed by atoms with Crippen molar-refractivity contribution >= 4 is 0 Å². The average Bonchev–Trinajstić information content (AvgIpc) is 2.72. The first kappa shape index (κ1) is 20.5. The number of halogens is 3. The monoisotopic (exact) mass is 388 g/mol. The molecule has 2 aromatic rings. The molecule has 0 aromatic heterocycles. The average molecular weight is 388 g/mol. The maximum Gasteiger partial charge on any atom is 0.201 e. The summed E-state index contributed by atoms with van der Waals surface area (Å²) in [7, 11) is 0. The maximum atomic E-state index is 14.4. The van der Waals surface area contributed by atoms with E-state index >= 15 is 0 Å². The Morgan fingerprint density at radius 3 is 2.25 bits per heavy atom. The van der Waals surface area contributed by atoms with Gasteiger partial charge in [0, 0.05) is 5.56 Å². The molecule has 1 fully saturated rings. The van der Waals surface area contributed by atoms with E-state index in [9.17, 15) is 13.2 Å². The molecule has 0 N–H and O–H groups in total. The van der Waals surface area contributed by atoms with Gasteiger partial charge < -0.3 is 4.74 Å². The Hall–Kier alpha value is -2.23. The van der Waals surface area contributed by atoms with Gasteiger partial charge in [0.05, 0.1) is 12.4 Å². The van der Waals surface area contributed by atoms with Crippen LogP contribution in [0.1, 0.15) is 57.4 Å². The maximum absolute atomic E-state index is 14.4. The largest absolute Gasteiger partial charge is 0.491 e. The lowest BCUT2D eigenvalue weighted by Gasteiger charge is -2.27. The van der Waals surface area contributed by atoms with Crippen molar-refractivity contribution in [3.63, 3.8) is 0 Å². The molecule has 0 heterocycles. The molecular weight excluding hydrogens is 361 g/mol. The van der Waals surface area contributed by atoms with Crippen LogP contribution in [0.25, 0.3) is 11.1 Å². The molecule has 28 heavy (non-hydrogen) atoms. The van der Waals surface area contributed by atoms with Gasteiger partial charge in [-0.1, -0.05) is 31.2 Å². The number of ether oxygens (including phenoxy) is 1. The van der Waals surface area contributed by atoms with Crippen LogP contribution in [0.2, 0.25) is 0 Å². The fourth-order valence-electron chi connectivity index (χ4n) is 3.95. The summed E-state index contributed by atoms with van der Waals surface area (Å²) in [4.78, 5) is 0. The van der Waals surface area contributed by atoms with Crippen LogP contribution in [0.5, 0.6) is 5.75 Å². The normalized spacial score (nSPS) is 20.2. The van der Waals surface area contributed by atoms with E-state index in [1.165, 1.54) is 11.6 Å². The molecule has 1 aliphatic rings. The van der Waals surface area contributed by atoms with E-state index in [4.69, 9.17) is 4.74 Å². The third-order valence-corrected chi connectivity index (χ3v) is 5.57. The number of hydrogen-bond acceptors (Lipinski definition) is 1. The van der Waals surface area contributed by atoms with Gasteiger partial charge >= 0.3 is 0 Å². The van der Waals surface area contributed by atoms with Gasteiger partial charge in [-0.3, -0.25) is 0 Å². The highest BCUT2D eigenvalue weighted by molar-refractivity contribution is 5.65. The molecule has 0 atom stereocenters. The van der Waals surface area contributed by atoms with E-state index in [0.717, 1.165) is 25.7 Å². The van der Waals surface area contributed by atoms with E-state index in [0.29, 0.717) is 23.8 Å². The minimum absolute atomic E-state index is 0.0163. The van der Waals surface area contributed by atoms with Crippen LogP contribution >= 0.6 is 0 Å². The van der Waals surface area contributed by atoms with Crippen molar-refractivity contribution in [2.75, 3.05) is 6.61 Å². The van der Waals surface area contributed by atoms with E-state index in [-0.39, 0.29) is 23.7 Å². The minimum atomic E-state index is -0.950. The molecule has 1 saturated carbocycles. The second-order valence-corrected chi connectivity index (χ2v) is 7.37. The van der Waals surface area contributed by atoms with Gasteiger partial charge in [-0.25, -0.2) is 8.78 Å². The van der Waals surface area contributed by atoms with Crippen molar-refractivity contribution in [3.05, 3.63) is 65.5 Å². The third-order valence-electron chi connectivity index (χ3n) is 5.57. The standard InChI is InChI=1S/C24H27F3O/c1-3-20(25)15-16-5-7-17(8-6-16)18-9-11-19(12-10-18)21-13-14-22(28-4-2)24(27)23(21)26/h9-17H,3-8H2,1-2H3. The van der Waals surface area contributed by atoms with Gasteiger partial charge in [-0.2, -0.15) is 4.39 Å². The highest BCUT2D eigenvalue weighted by Crippen LogP contribution is 2.38. The zero-order chi connectivity index (χ0) is 20.1. The Bertz CT molecular complexity index is 818. The second-order valence-electron chi connectivity index (χ2n) is 7.37. The molecule has 0 spiro atoms. The lowest BCUT2D eigenvalue weighted by Crippen LogP contribution is -2.12. The Labute approximate surface area is 165 Å². The molecule has 1 nitrogen and oxygen atoms in total. The van der Waals surface area contributed by atoms with E-state index in [1.807, 2.05) is 31.2 Å². The summed E-state index contributed by atoms with van der Waals surface area (Å²) in [5, 5.41) is 0. The molecule has 4 heteroatoms. The summed E-state index contributed by atoms with van der Waals surface area (Å²) in [6.07, 6.45) is 6.25. The molecule has 2 aromatic carbocycles. The Morgan fingerprint density at radius 2 is 1.64 bits per heavy atom. The minimum Gasteiger partial charge on any atom is -0.491 e. The van der Waals surface area contributed by atoms with Crippen LogP contribution in [0.4, 0.5) is 13.2 Å². The van der Waals surface area contributed by atoms with Crippen molar-refractivity contribution in [1.82, 2.24) is 0 Å². The molecule has 0 amide bonds. The van der Waals surface area contributed by atoms with Crippen LogP contribution in [0.15, 0.2) is 48.3 Å². The number of allylic oxidation sites excluding steroid dienone is 2. The fourth-order valence-corrected chi connectivity index (χ4v) is 3.95. The van der Waals surface area contributed by atoms with Crippen molar-refractivity contribution in [2.45, 2.75) is 51.9 Å². The Kier molecular flexibility index (Phi) is 6.82. The van der Waals surface area contributed by atoms with Crippen molar-refractivity contribution in [2.24, 2.45) is 5.92 Å². The van der Waals surface area contributed by atoms with E-state index < -0.39 is 11.6 Å². The van der Waals surface area contributed by atoms with Crippen molar-refractivity contribution in [3.8, 4) is 16.9 Å². The van der Waals surface area contributed by atoms with Crippen LogP contribution in [0.3, 0.4) is 0 Å². The SMILES string of the molecule is CCOc1ccc(-c2ccc(C3CCC(C=C(F)CC)CC3)cc2)c(F)c1F. The third kappa shape index (κ3) is 4.60. The van der Waals surface area contributed by atoms with Gasteiger partial charge in [0.2, 0.25) is 5.82 Å². The first-order chi connectivity index (χ1) is 13.5. The summed E-state index contributed by atoms with van der Waals surface area (Å²) in [6, 6.07) is 10.7. The summed E-state index contributed by atoms with van der Waals surface area (Å²) in [5.41, 5.74) is 2.08. The first-order valence-corrected chi connectivity index (χ1v) is 10.1. The van der Waals surface area contributed by atoms with Gasteiger partial charge in [0.15, 0.2) is 11.6 Å². The first-order valence-electron chi connectivity index (χ1n) is 10.1.